The first-order valence-corrected chi connectivity index (χ1v) is 6.70. The number of carbonyl (C=O) groups is 2. The first kappa shape index (κ1) is 12.9. The van der Waals surface area contributed by atoms with Crippen molar-refractivity contribution in [2.75, 3.05) is 6.54 Å². The second-order valence-corrected chi connectivity index (χ2v) is 5.40. The van der Waals surface area contributed by atoms with Gasteiger partial charge in [0.05, 0.1) is 11.6 Å². The van der Waals surface area contributed by atoms with Crippen molar-refractivity contribution < 1.29 is 14.7 Å². The van der Waals surface area contributed by atoms with Gasteiger partial charge < -0.3 is 10.4 Å². The second-order valence-electron chi connectivity index (χ2n) is 4.61. The van der Waals surface area contributed by atoms with Crippen LogP contribution in [0.2, 0.25) is 0 Å². The van der Waals surface area contributed by atoms with Crippen molar-refractivity contribution in [3.63, 3.8) is 0 Å². The van der Waals surface area contributed by atoms with Crippen molar-refractivity contribution >= 4 is 23.4 Å². The summed E-state index contributed by atoms with van der Waals surface area (Å²) in [6.07, 6.45) is 5.53. The maximum Gasteiger partial charge on any atom is 0.311 e. The smallest absolute Gasteiger partial charge is 0.311 e. The highest BCUT2D eigenvalue weighted by atomic mass is 32.1. The van der Waals surface area contributed by atoms with Gasteiger partial charge in [-0.25, -0.2) is 0 Å². The summed E-state index contributed by atoms with van der Waals surface area (Å²) in [7, 11) is 0. The van der Waals surface area contributed by atoms with E-state index < -0.39 is 11.4 Å². The average Bonchev–Trinajstić information content (AvgIpc) is 2.91. The molecule has 1 aliphatic carbocycles. The van der Waals surface area contributed by atoms with Gasteiger partial charge in [0.25, 0.3) is 5.91 Å². The van der Waals surface area contributed by atoms with Crippen LogP contribution in [0.25, 0.3) is 0 Å². The third-order valence-electron chi connectivity index (χ3n) is 3.44. The molecule has 1 amide bonds. The number of amides is 1. The zero-order chi connectivity index (χ0) is 13.0. The van der Waals surface area contributed by atoms with E-state index in [9.17, 15) is 14.7 Å². The molecule has 98 valence electrons. The topological polar surface area (TPSA) is 92.2 Å². The fourth-order valence-electron chi connectivity index (χ4n) is 2.30. The lowest BCUT2D eigenvalue weighted by Crippen LogP contribution is -2.44. The number of nitrogens with zero attached hydrogens (tertiary/aromatic N) is 2. The minimum absolute atomic E-state index is 0.180. The van der Waals surface area contributed by atoms with Gasteiger partial charge in [0.1, 0.15) is 4.88 Å². The molecular weight excluding hydrogens is 254 g/mol. The molecule has 0 atom stereocenters. The van der Waals surface area contributed by atoms with Gasteiger partial charge in [-0.1, -0.05) is 23.8 Å². The highest BCUT2D eigenvalue weighted by Crippen LogP contribution is 2.36. The highest BCUT2D eigenvalue weighted by molar-refractivity contribution is 7.07. The van der Waals surface area contributed by atoms with Crippen LogP contribution in [0.15, 0.2) is 6.20 Å². The van der Waals surface area contributed by atoms with E-state index in [4.69, 9.17) is 0 Å². The van der Waals surface area contributed by atoms with E-state index in [0.717, 1.165) is 30.8 Å². The predicted octanol–water partition coefficient (Wildman–Crippen LogP) is 1.30. The standard InChI is InChI=1S/C11H15N3O3S/c15-9(8-6-13-14-18-8)12-7-11(10(16)17)4-2-1-3-5-11/h6H,1-5,7H2,(H,12,15)(H,16,17). The monoisotopic (exact) mass is 269 g/mol. The zero-order valence-electron chi connectivity index (χ0n) is 9.89. The van der Waals surface area contributed by atoms with Crippen LogP contribution in [0.3, 0.4) is 0 Å². The van der Waals surface area contributed by atoms with Crippen molar-refractivity contribution in [3.8, 4) is 0 Å². The lowest BCUT2D eigenvalue weighted by atomic mass is 9.74. The van der Waals surface area contributed by atoms with Gasteiger partial charge in [0.15, 0.2) is 0 Å². The Morgan fingerprint density at radius 3 is 2.67 bits per heavy atom. The molecule has 1 aromatic rings. The molecule has 0 aliphatic heterocycles. The van der Waals surface area contributed by atoms with Crippen LogP contribution in [-0.2, 0) is 4.79 Å². The van der Waals surface area contributed by atoms with E-state index in [1.165, 1.54) is 6.20 Å². The third kappa shape index (κ3) is 2.66. The van der Waals surface area contributed by atoms with Gasteiger partial charge in [-0.05, 0) is 24.4 Å². The number of hydrogen-bond acceptors (Lipinski definition) is 5. The van der Waals surface area contributed by atoms with Crippen LogP contribution in [0.1, 0.15) is 41.8 Å². The van der Waals surface area contributed by atoms with E-state index in [1.807, 2.05) is 0 Å². The van der Waals surface area contributed by atoms with Crippen molar-refractivity contribution in [3.05, 3.63) is 11.1 Å². The minimum Gasteiger partial charge on any atom is -0.481 e. The fourth-order valence-corrected chi connectivity index (χ4v) is 2.73. The second kappa shape index (κ2) is 5.43. The van der Waals surface area contributed by atoms with Crippen LogP contribution in [0.4, 0.5) is 0 Å². The predicted molar refractivity (Wildman–Crippen MR) is 65.4 cm³/mol. The Morgan fingerprint density at radius 2 is 2.11 bits per heavy atom. The number of nitrogens with one attached hydrogen (secondary N) is 1. The minimum atomic E-state index is -0.815. The average molecular weight is 269 g/mol. The van der Waals surface area contributed by atoms with Crippen LogP contribution < -0.4 is 5.32 Å². The summed E-state index contributed by atoms with van der Waals surface area (Å²) in [4.78, 5) is 23.6. The van der Waals surface area contributed by atoms with Crippen molar-refractivity contribution in [2.24, 2.45) is 5.41 Å². The maximum atomic E-state index is 11.7. The van der Waals surface area contributed by atoms with Gasteiger partial charge in [-0.2, -0.15) is 0 Å². The molecule has 1 aromatic heterocycles. The summed E-state index contributed by atoms with van der Waals surface area (Å²) in [6, 6.07) is 0. The molecule has 2 N–H and O–H groups in total. The summed E-state index contributed by atoms with van der Waals surface area (Å²) in [5.41, 5.74) is -0.800. The van der Waals surface area contributed by atoms with Gasteiger partial charge in [-0.3, -0.25) is 9.59 Å². The molecule has 18 heavy (non-hydrogen) atoms. The Bertz CT molecular complexity index is 427. The first-order valence-electron chi connectivity index (χ1n) is 5.93. The summed E-state index contributed by atoms with van der Waals surface area (Å²) in [5.74, 6) is -1.11. The van der Waals surface area contributed by atoms with Crippen LogP contribution in [0, 0.1) is 5.41 Å². The summed E-state index contributed by atoms with van der Waals surface area (Å²) in [6.45, 7) is 0.180. The Balaban J connectivity index is 1.98. The van der Waals surface area contributed by atoms with E-state index in [1.54, 1.807) is 0 Å². The third-order valence-corrected chi connectivity index (χ3v) is 4.10. The lowest BCUT2D eigenvalue weighted by molar-refractivity contribution is -0.150. The number of rotatable bonds is 4. The van der Waals surface area contributed by atoms with Crippen LogP contribution in [0.5, 0.6) is 0 Å². The number of carboxylic acid groups (broad SMARTS) is 1. The molecule has 0 aromatic carbocycles. The first-order chi connectivity index (χ1) is 8.64. The molecule has 0 radical (unpaired) electrons. The van der Waals surface area contributed by atoms with Crippen LogP contribution in [-0.4, -0.2) is 33.1 Å². The molecule has 7 heteroatoms. The fraction of sp³-hybridized carbons (Fsp3) is 0.636. The molecule has 0 bridgehead atoms. The molecular formula is C11H15N3O3S. The molecule has 0 saturated heterocycles. The SMILES string of the molecule is O=C(NCC1(C(=O)O)CCCCC1)c1cnns1. The number of aromatic nitrogens is 2. The Kier molecular flexibility index (Phi) is 3.90. The van der Waals surface area contributed by atoms with Crippen molar-refractivity contribution in [2.45, 2.75) is 32.1 Å². The number of carbonyl (C=O) groups excluding carboxylic acids is 1. The molecule has 1 saturated carbocycles. The molecule has 0 unspecified atom stereocenters. The van der Waals surface area contributed by atoms with E-state index >= 15 is 0 Å². The van der Waals surface area contributed by atoms with E-state index in [0.29, 0.717) is 17.7 Å². The van der Waals surface area contributed by atoms with Gasteiger partial charge >= 0.3 is 5.97 Å². The summed E-state index contributed by atoms with van der Waals surface area (Å²) in [5, 5.41) is 15.6. The Morgan fingerprint density at radius 1 is 1.39 bits per heavy atom. The van der Waals surface area contributed by atoms with Crippen molar-refractivity contribution in [1.82, 2.24) is 14.9 Å². The van der Waals surface area contributed by atoms with E-state index in [2.05, 4.69) is 14.9 Å². The molecule has 1 fully saturated rings. The van der Waals surface area contributed by atoms with Gasteiger partial charge in [0, 0.05) is 6.54 Å². The Hall–Kier alpha value is -1.50. The summed E-state index contributed by atoms with van der Waals surface area (Å²) < 4.78 is 3.60. The molecule has 0 spiro atoms. The normalized spacial score (nSPS) is 18.2. The van der Waals surface area contributed by atoms with E-state index in [-0.39, 0.29) is 12.5 Å². The number of hydrogen-bond donors (Lipinski definition) is 2. The molecule has 6 nitrogen and oxygen atoms in total. The van der Waals surface area contributed by atoms with Crippen LogP contribution >= 0.6 is 11.5 Å². The van der Waals surface area contributed by atoms with Gasteiger partial charge in [0.2, 0.25) is 0 Å². The zero-order valence-corrected chi connectivity index (χ0v) is 10.7. The molecule has 1 aliphatic rings. The summed E-state index contributed by atoms with van der Waals surface area (Å²) >= 11 is 1.00. The number of aliphatic carboxylic acids is 1. The molecule has 1 heterocycles. The quantitative estimate of drug-likeness (QED) is 0.859. The highest BCUT2D eigenvalue weighted by Gasteiger charge is 2.39. The Labute approximate surface area is 109 Å². The maximum absolute atomic E-state index is 11.7. The van der Waals surface area contributed by atoms with Crippen molar-refractivity contribution in [1.29, 1.82) is 0 Å². The van der Waals surface area contributed by atoms with Gasteiger partial charge in [-0.15, -0.1) is 5.10 Å². The molecule has 2 rings (SSSR count). The largest absolute Gasteiger partial charge is 0.481 e. The number of carboxylic acids is 1. The lowest BCUT2D eigenvalue weighted by Gasteiger charge is -2.33.